The number of pyridine rings is 1. The molecular weight excluding hydrogens is 348 g/mol. The molecule has 2 aromatic rings. The van der Waals surface area contributed by atoms with Gasteiger partial charge in [-0.05, 0) is 66.4 Å². The van der Waals surface area contributed by atoms with Crippen molar-refractivity contribution in [3.8, 4) is 5.75 Å². The highest BCUT2D eigenvalue weighted by molar-refractivity contribution is 8.18. The molecule has 2 heterocycles. The third-order valence-electron chi connectivity index (χ3n) is 3.96. The van der Waals surface area contributed by atoms with Crippen LogP contribution in [0, 0.1) is 0 Å². The van der Waals surface area contributed by atoms with Crippen LogP contribution in [0.1, 0.15) is 30.2 Å². The second-order valence-corrected chi connectivity index (χ2v) is 6.90. The summed E-state index contributed by atoms with van der Waals surface area (Å²) in [6.07, 6.45) is 6.40. The van der Waals surface area contributed by atoms with Gasteiger partial charge in [0, 0.05) is 11.9 Å². The first-order valence-corrected chi connectivity index (χ1v) is 9.37. The summed E-state index contributed by atoms with van der Waals surface area (Å²) in [6.45, 7) is 2.73. The van der Waals surface area contributed by atoms with Gasteiger partial charge in [0.15, 0.2) is 0 Å². The lowest BCUT2D eigenvalue weighted by molar-refractivity contribution is -0.115. The summed E-state index contributed by atoms with van der Waals surface area (Å²) in [5.41, 5.74) is 3.18. The van der Waals surface area contributed by atoms with E-state index in [0.29, 0.717) is 11.5 Å². The zero-order valence-corrected chi connectivity index (χ0v) is 15.3. The van der Waals surface area contributed by atoms with E-state index in [-0.39, 0.29) is 11.1 Å². The van der Waals surface area contributed by atoms with Crippen molar-refractivity contribution in [2.75, 3.05) is 6.61 Å². The van der Waals surface area contributed by atoms with Gasteiger partial charge < -0.3 is 4.74 Å². The van der Waals surface area contributed by atoms with E-state index in [1.165, 1.54) is 5.56 Å². The number of thioether (sulfide) groups is 1. The van der Waals surface area contributed by atoms with Crippen LogP contribution in [0.15, 0.2) is 47.5 Å². The molecule has 1 fully saturated rings. The topological polar surface area (TPSA) is 68.3 Å². The fraction of sp³-hybridized carbons (Fsp3) is 0.250. The molecule has 5 nitrogen and oxygen atoms in total. The molecule has 0 atom stereocenters. The van der Waals surface area contributed by atoms with Crippen molar-refractivity contribution in [1.29, 1.82) is 0 Å². The summed E-state index contributed by atoms with van der Waals surface area (Å²) in [4.78, 5) is 27.5. The quantitative estimate of drug-likeness (QED) is 0.591. The molecule has 0 saturated carbocycles. The maximum atomic E-state index is 11.5. The summed E-state index contributed by atoms with van der Waals surface area (Å²) >= 11 is 0.914. The van der Waals surface area contributed by atoms with Crippen molar-refractivity contribution < 1.29 is 14.3 Å². The first kappa shape index (κ1) is 18.2. The Bertz CT molecular complexity index is 814. The lowest BCUT2D eigenvalue weighted by Crippen LogP contribution is -2.17. The molecule has 1 aromatic carbocycles. The van der Waals surface area contributed by atoms with E-state index in [2.05, 4.69) is 29.4 Å². The molecule has 1 aromatic heterocycles. The van der Waals surface area contributed by atoms with Crippen LogP contribution in [0.2, 0.25) is 0 Å². The number of rotatable bonds is 7. The predicted octanol–water partition coefficient (Wildman–Crippen LogP) is 3.98. The minimum absolute atomic E-state index is 0.333. The number of carbonyl (C=O) groups excluding carboxylic acids is 2. The Balaban J connectivity index is 1.46. The smallest absolute Gasteiger partial charge is 0.290 e. The van der Waals surface area contributed by atoms with E-state index < -0.39 is 0 Å². The number of carbonyl (C=O) groups is 2. The number of aryl methyl sites for hydroxylation is 2. The van der Waals surface area contributed by atoms with Crippen molar-refractivity contribution in [2.45, 2.75) is 26.2 Å². The van der Waals surface area contributed by atoms with E-state index in [0.717, 1.165) is 48.0 Å². The monoisotopic (exact) mass is 368 g/mol. The third kappa shape index (κ3) is 4.95. The van der Waals surface area contributed by atoms with Crippen LogP contribution in [0.3, 0.4) is 0 Å². The summed E-state index contributed by atoms with van der Waals surface area (Å²) in [5.74, 6) is 0.432. The van der Waals surface area contributed by atoms with E-state index in [4.69, 9.17) is 4.74 Å². The van der Waals surface area contributed by atoms with Crippen molar-refractivity contribution in [3.63, 3.8) is 0 Å². The molecule has 134 valence electrons. The highest BCUT2D eigenvalue weighted by atomic mass is 32.2. The van der Waals surface area contributed by atoms with Gasteiger partial charge in [0.25, 0.3) is 11.1 Å². The molecule has 1 saturated heterocycles. The maximum absolute atomic E-state index is 11.5. The molecule has 0 bridgehead atoms. The van der Waals surface area contributed by atoms with E-state index in [9.17, 15) is 9.59 Å². The van der Waals surface area contributed by atoms with Gasteiger partial charge >= 0.3 is 0 Å². The van der Waals surface area contributed by atoms with Crippen molar-refractivity contribution in [1.82, 2.24) is 10.3 Å². The largest absolute Gasteiger partial charge is 0.494 e. The second-order valence-electron chi connectivity index (χ2n) is 5.88. The number of nitrogens with zero attached hydrogens (tertiary/aromatic N) is 1. The highest BCUT2D eigenvalue weighted by Gasteiger charge is 2.24. The molecule has 26 heavy (non-hydrogen) atoms. The minimum Gasteiger partial charge on any atom is -0.494 e. The predicted molar refractivity (Wildman–Crippen MR) is 103 cm³/mol. The first-order valence-electron chi connectivity index (χ1n) is 8.55. The molecule has 6 heteroatoms. The Morgan fingerprint density at radius 3 is 2.58 bits per heavy atom. The first-order chi connectivity index (χ1) is 12.6. The van der Waals surface area contributed by atoms with Crippen LogP contribution in [0.25, 0.3) is 6.08 Å². The summed E-state index contributed by atoms with van der Waals surface area (Å²) in [5, 5.41) is 1.91. The van der Waals surface area contributed by atoms with Crippen LogP contribution >= 0.6 is 11.8 Å². The highest BCUT2D eigenvalue weighted by Crippen LogP contribution is 2.26. The van der Waals surface area contributed by atoms with E-state index in [1.54, 1.807) is 6.08 Å². The fourth-order valence-corrected chi connectivity index (χ4v) is 3.17. The third-order valence-corrected chi connectivity index (χ3v) is 4.77. The summed E-state index contributed by atoms with van der Waals surface area (Å²) < 4.78 is 5.75. The zero-order chi connectivity index (χ0) is 18.4. The van der Waals surface area contributed by atoms with Crippen molar-refractivity contribution in [3.05, 3.63) is 64.3 Å². The Hall–Kier alpha value is -2.60. The Morgan fingerprint density at radius 1 is 1.15 bits per heavy atom. The number of nitrogens with one attached hydrogen (secondary N) is 1. The fourth-order valence-electron chi connectivity index (χ4n) is 2.49. The lowest BCUT2D eigenvalue weighted by Gasteiger charge is -2.07. The Morgan fingerprint density at radius 2 is 1.96 bits per heavy atom. The van der Waals surface area contributed by atoms with Crippen LogP contribution in [-0.4, -0.2) is 22.7 Å². The van der Waals surface area contributed by atoms with Crippen LogP contribution in [0.4, 0.5) is 4.79 Å². The number of hydrogen-bond acceptors (Lipinski definition) is 5. The van der Waals surface area contributed by atoms with E-state index in [1.807, 2.05) is 30.5 Å². The maximum Gasteiger partial charge on any atom is 0.290 e. The molecule has 1 N–H and O–H groups in total. The normalized spacial score (nSPS) is 15.3. The van der Waals surface area contributed by atoms with Crippen molar-refractivity contribution >= 4 is 29.0 Å². The Kier molecular flexibility index (Phi) is 6.07. The number of hydrogen-bond donors (Lipinski definition) is 1. The SMILES string of the molecule is CCc1ccc(CCCOc2ccc(/C=C3\SC(=O)NC3=O)cc2)nc1. The number of amides is 2. The average Bonchev–Trinajstić information content (AvgIpc) is 2.97. The number of aromatic nitrogens is 1. The van der Waals surface area contributed by atoms with Crippen LogP contribution in [0.5, 0.6) is 5.75 Å². The lowest BCUT2D eigenvalue weighted by atomic mass is 10.1. The number of benzene rings is 1. The van der Waals surface area contributed by atoms with Gasteiger partial charge in [-0.15, -0.1) is 0 Å². The minimum atomic E-state index is -0.346. The standard InChI is InChI=1S/C20H20N2O3S/c1-2-14-5-8-16(21-13-14)4-3-11-25-17-9-6-15(7-10-17)12-18-19(23)22-20(24)26-18/h5-10,12-13H,2-4,11H2,1H3,(H,22,23,24)/b18-12-. The van der Waals surface area contributed by atoms with Gasteiger partial charge in [-0.2, -0.15) is 0 Å². The molecule has 2 amide bonds. The molecule has 3 rings (SSSR count). The average molecular weight is 368 g/mol. The number of ether oxygens (including phenoxy) is 1. The van der Waals surface area contributed by atoms with Gasteiger partial charge in [-0.3, -0.25) is 19.9 Å². The summed E-state index contributed by atoms with van der Waals surface area (Å²) in [6, 6.07) is 11.6. The molecular formula is C20H20N2O3S. The molecule has 1 aliphatic heterocycles. The van der Waals surface area contributed by atoms with Gasteiger partial charge in [0.1, 0.15) is 5.75 Å². The van der Waals surface area contributed by atoms with Gasteiger partial charge in [0.2, 0.25) is 0 Å². The van der Waals surface area contributed by atoms with Gasteiger partial charge in [-0.25, -0.2) is 0 Å². The zero-order valence-electron chi connectivity index (χ0n) is 14.5. The molecule has 1 aliphatic rings. The van der Waals surface area contributed by atoms with E-state index >= 15 is 0 Å². The Labute approximate surface area is 156 Å². The second kappa shape index (κ2) is 8.67. The molecule has 0 unspecified atom stereocenters. The van der Waals surface area contributed by atoms with Gasteiger partial charge in [-0.1, -0.05) is 25.1 Å². The molecule has 0 aliphatic carbocycles. The van der Waals surface area contributed by atoms with Crippen molar-refractivity contribution in [2.24, 2.45) is 0 Å². The van der Waals surface area contributed by atoms with Crippen LogP contribution in [-0.2, 0) is 17.6 Å². The van der Waals surface area contributed by atoms with Crippen LogP contribution < -0.4 is 10.1 Å². The molecule has 0 radical (unpaired) electrons. The molecule has 0 spiro atoms. The van der Waals surface area contributed by atoms with Gasteiger partial charge in [0.05, 0.1) is 11.5 Å². The number of imide groups is 1. The summed E-state index contributed by atoms with van der Waals surface area (Å²) in [7, 11) is 0.